The van der Waals surface area contributed by atoms with Gasteiger partial charge in [-0.3, -0.25) is 9.78 Å². The molecule has 0 aliphatic carbocycles. The zero-order chi connectivity index (χ0) is 12.0. The number of nitrogens with zero attached hydrogens (tertiary/aromatic N) is 3. The molecule has 1 amide bonds. The smallest absolute Gasteiger partial charge is 0.239 e. The molecule has 0 aliphatic heterocycles. The van der Waals surface area contributed by atoms with E-state index in [0.717, 1.165) is 5.69 Å². The van der Waals surface area contributed by atoms with Gasteiger partial charge in [-0.05, 0) is 26.0 Å². The van der Waals surface area contributed by atoms with Crippen molar-refractivity contribution in [3.63, 3.8) is 0 Å². The summed E-state index contributed by atoms with van der Waals surface area (Å²) in [5.41, 5.74) is 0.836. The lowest BCUT2D eigenvalue weighted by Gasteiger charge is -2.21. The molecular formula is C12H15N3O. The van der Waals surface area contributed by atoms with Crippen molar-refractivity contribution in [2.24, 2.45) is 5.92 Å². The highest BCUT2D eigenvalue weighted by atomic mass is 16.2. The van der Waals surface area contributed by atoms with Crippen LogP contribution in [0.4, 0.5) is 0 Å². The van der Waals surface area contributed by atoms with Crippen molar-refractivity contribution >= 4 is 5.91 Å². The van der Waals surface area contributed by atoms with Crippen molar-refractivity contribution in [2.45, 2.75) is 20.4 Å². The average Bonchev–Trinajstić information content (AvgIpc) is 2.35. The van der Waals surface area contributed by atoms with Crippen LogP contribution in [0.15, 0.2) is 24.4 Å². The van der Waals surface area contributed by atoms with Gasteiger partial charge >= 0.3 is 0 Å². The number of carbonyl (C=O) groups is 1. The van der Waals surface area contributed by atoms with Gasteiger partial charge < -0.3 is 4.90 Å². The molecule has 4 heteroatoms. The molecule has 0 aromatic carbocycles. The van der Waals surface area contributed by atoms with E-state index >= 15 is 0 Å². The third-order valence-corrected chi connectivity index (χ3v) is 2.34. The summed E-state index contributed by atoms with van der Waals surface area (Å²) in [4.78, 5) is 17.6. The molecule has 0 radical (unpaired) electrons. The van der Waals surface area contributed by atoms with E-state index < -0.39 is 5.92 Å². The van der Waals surface area contributed by atoms with Crippen molar-refractivity contribution in [3.8, 4) is 6.07 Å². The fourth-order valence-electron chi connectivity index (χ4n) is 1.36. The second-order valence-electron chi connectivity index (χ2n) is 3.52. The third-order valence-electron chi connectivity index (χ3n) is 2.34. The monoisotopic (exact) mass is 217 g/mol. The van der Waals surface area contributed by atoms with E-state index in [4.69, 9.17) is 5.26 Å². The molecule has 1 aromatic rings. The topological polar surface area (TPSA) is 57.0 Å². The van der Waals surface area contributed by atoms with Crippen LogP contribution in [-0.4, -0.2) is 22.3 Å². The largest absolute Gasteiger partial charge is 0.336 e. The fraction of sp³-hybridized carbons (Fsp3) is 0.417. The van der Waals surface area contributed by atoms with Crippen molar-refractivity contribution in [1.29, 1.82) is 5.26 Å². The molecule has 0 saturated carbocycles. The van der Waals surface area contributed by atoms with Crippen LogP contribution in [0.3, 0.4) is 0 Å². The third kappa shape index (κ3) is 3.06. The molecule has 0 N–H and O–H groups in total. The lowest BCUT2D eigenvalue weighted by atomic mass is 10.1. The number of hydrogen-bond donors (Lipinski definition) is 0. The summed E-state index contributed by atoms with van der Waals surface area (Å²) in [7, 11) is 0. The molecule has 0 saturated heterocycles. The SMILES string of the molecule is CCN(Cc1ccccn1)C(=O)C(C)C#N. The Morgan fingerprint density at radius 2 is 2.38 bits per heavy atom. The van der Waals surface area contributed by atoms with Crippen LogP contribution in [0, 0.1) is 17.2 Å². The quantitative estimate of drug-likeness (QED) is 0.769. The highest BCUT2D eigenvalue weighted by Gasteiger charge is 2.18. The Kier molecular flexibility index (Phi) is 4.46. The highest BCUT2D eigenvalue weighted by molar-refractivity contribution is 5.80. The minimum atomic E-state index is -0.594. The summed E-state index contributed by atoms with van der Waals surface area (Å²) < 4.78 is 0. The van der Waals surface area contributed by atoms with Gasteiger partial charge in [-0.2, -0.15) is 5.26 Å². The lowest BCUT2D eigenvalue weighted by Crippen LogP contribution is -2.34. The zero-order valence-corrected chi connectivity index (χ0v) is 9.55. The van der Waals surface area contributed by atoms with Gasteiger partial charge in [0.2, 0.25) is 5.91 Å². The number of pyridine rings is 1. The van der Waals surface area contributed by atoms with E-state index in [1.807, 2.05) is 31.2 Å². The second kappa shape index (κ2) is 5.86. The first-order valence-corrected chi connectivity index (χ1v) is 5.27. The van der Waals surface area contributed by atoms with Crippen molar-refractivity contribution < 1.29 is 4.79 Å². The van der Waals surface area contributed by atoms with Crippen molar-refractivity contribution in [3.05, 3.63) is 30.1 Å². The zero-order valence-electron chi connectivity index (χ0n) is 9.55. The van der Waals surface area contributed by atoms with Gasteiger partial charge in [0.25, 0.3) is 0 Å². The Bertz CT molecular complexity index is 383. The van der Waals surface area contributed by atoms with Crippen LogP contribution >= 0.6 is 0 Å². The molecule has 1 atom stereocenters. The molecule has 0 aliphatic rings. The Labute approximate surface area is 95.5 Å². The fourth-order valence-corrected chi connectivity index (χ4v) is 1.36. The average molecular weight is 217 g/mol. The summed E-state index contributed by atoms with van der Waals surface area (Å²) >= 11 is 0. The number of nitriles is 1. The minimum absolute atomic E-state index is 0.143. The molecule has 4 nitrogen and oxygen atoms in total. The van der Waals surface area contributed by atoms with E-state index in [1.54, 1.807) is 18.0 Å². The van der Waals surface area contributed by atoms with Crippen LogP contribution in [0.1, 0.15) is 19.5 Å². The predicted octanol–water partition coefficient (Wildman–Crippen LogP) is 1.59. The normalized spacial score (nSPS) is 11.6. The van der Waals surface area contributed by atoms with Gasteiger partial charge in [0.15, 0.2) is 0 Å². The number of rotatable bonds is 4. The molecular weight excluding hydrogens is 202 g/mol. The molecule has 1 aromatic heterocycles. The van der Waals surface area contributed by atoms with Crippen molar-refractivity contribution in [1.82, 2.24) is 9.88 Å². The number of aromatic nitrogens is 1. The molecule has 0 spiro atoms. The molecule has 84 valence electrons. The predicted molar refractivity (Wildman–Crippen MR) is 60.1 cm³/mol. The van der Waals surface area contributed by atoms with Gasteiger partial charge in [-0.1, -0.05) is 6.07 Å². The second-order valence-corrected chi connectivity index (χ2v) is 3.52. The number of amides is 1. The van der Waals surface area contributed by atoms with Crippen LogP contribution in [0.2, 0.25) is 0 Å². The van der Waals surface area contributed by atoms with Gasteiger partial charge in [0.05, 0.1) is 18.3 Å². The first-order chi connectivity index (χ1) is 7.69. The van der Waals surface area contributed by atoms with E-state index in [0.29, 0.717) is 13.1 Å². The first kappa shape index (κ1) is 12.2. The number of carbonyl (C=O) groups excluding carboxylic acids is 1. The van der Waals surface area contributed by atoms with E-state index in [9.17, 15) is 4.79 Å². The first-order valence-electron chi connectivity index (χ1n) is 5.27. The van der Waals surface area contributed by atoms with Gasteiger partial charge in [0.1, 0.15) is 5.92 Å². The summed E-state index contributed by atoms with van der Waals surface area (Å²) in [6.45, 7) is 4.55. The molecule has 0 bridgehead atoms. The van der Waals surface area contributed by atoms with Crippen LogP contribution in [0.5, 0.6) is 0 Å². The molecule has 1 unspecified atom stereocenters. The van der Waals surface area contributed by atoms with Gasteiger partial charge in [0, 0.05) is 12.7 Å². The maximum atomic E-state index is 11.8. The van der Waals surface area contributed by atoms with Crippen LogP contribution < -0.4 is 0 Å². The Morgan fingerprint density at radius 3 is 2.88 bits per heavy atom. The van der Waals surface area contributed by atoms with E-state index in [2.05, 4.69) is 4.98 Å². The van der Waals surface area contributed by atoms with Crippen LogP contribution in [-0.2, 0) is 11.3 Å². The Balaban J connectivity index is 2.70. The summed E-state index contributed by atoms with van der Waals surface area (Å²) in [6, 6.07) is 7.54. The minimum Gasteiger partial charge on any atom is -0.336 e. The van der Waals surface area contributed by atoms with Gasteiger partial charge in [-0.25, -0.2) is 0 Å². The molecule has 0 fully saturated rings. The maximum absolute atomic E-state index is 11.8. The molecule has 16 heavy (non-hydrogen) atoms. The standard InChI is InChI=1S/C12H15N3O/c1-3-15(12(16)10(2)8-13)9-11-6-4-5-7-14-11/h4-7,10H,3,9H2,1-2H3. The lowest BCUT2D eigenvalue weighted by molar-refractivity contribution is -0.133. The van der Waals surface area contributed by atoms with E-state index in [-0.39, 0.29) is 5.91 Å². The Hall–Kier alpha value is -1.89. The molecule has 1 rings (SSSR count). The molecule has 1 heterocycles. The highest BCUT2D eigenvalue weighted by Crippen LogP contribution is 2.06. The van der Waals surface area contributed by atoms with E-state index in [1.165, 1.54) is 0 Å². The summed E-state index contributed by atoms with van der Waals surface area (Å²) in [5, 5.41) is 8.70. The Morgan fingerprint density at radius 1 is 1.62 bits per heavy atom. The number of hydrogen-bond acceptors (Lipinski definition) is 3. The maximum Gasteiger partial charge on any atom is 0.239 e. The van der Waals surface area contributed by atoms with Crippen molar-refractivity contribution in [2.75, 3.05) is 6.54 Å². The van der Waals surface area contributed by atoms with Gasteiger partial charge in [-0.15, -0.1) is 0 Å². The van der Waals surface area contributed by atoms with Crippen LogP contribution in [0.25, 0.3) is 0 Å². The summed E-state index contributed by atoms with van der Waals surface area (Å²) in [5.74, 6) is -0.737. The summed E-state index contributed by atoms with van der Waals surface area (Å²) in [6.07, 6.45) is 1.70.